The number of carboxylic acids is 1. The Morgan fingerprint density at radius 2 is 2.06 bits per heavy atom. The van der Waals surface area contributed by atoms with Crippen LogP contribution in [0, 0.1) is 0 Å². The summed E-state index contributed by atoms with van der Waals surface area (Å²) < 4.78 is 34.3. The molecule has 0 spiro atoms. The number of halogens is 1. The van der Waals surface area contributed by atoms with Crippen LogP contribution < -0.4 is 0 Å². The Labute approximate surface area is 89.7 Å². The van der Waals surface area contributed by atoms with E-state index < -0.39 is 21.1 Å². The number of H-pyrrole nitrogens is 1. The van der Waals surface area contributed by atoms with Gasteiger partial charge in [0.15, 0.2) is 0 Å². The number of hydrogen-bond acceptors (Lipinski definition) is 3. The van der Waals surface area contributed by atoms with E-state index >= 15 is 0 Å². The van der Waals surface area contributed by atoms with Gasteiger partial charge in [0, 0.05) is 17.1 Å². The molecule has 0 saturated heterocycles. The monoisotopic (exact) mass is 243 g/mol. The maximum absolute atomic E-state index is 12.8. The summed E-state index contributed by atoms with van der Waals surface area (Å²) in [4.78, 5) is 12.7. The quantitative estimate of drug-likeness (QED) is 0.783. The molecule has 0 atom stereocenters. The first kappa shape index (κ1) is 10.6. The number of benzene rings is 1. The number of rotatable bonds is 2. The lowest BCUT2D eigenvalue weighted by atomic mass is 10.1. The molecule has 1 aromatic heterocycles. The van der Waals surface area contributed by atoms with Crippen LogP contribution in [0.2, 0.25) is 0 Å². The predicted octanol–water partition coefficient (Wildman–Crippen LogP) is 1.52. The van der Waals surface area contributed by atoms with Gasteiger partial charge in [-0.3, -0.25) is 0 Å². The van der Waals surface area contributed by atoms with Gasteiger partial charge in [0.1, 0.15) is 4.90 Å². The van der Waals surface area contributed by atoms with Crippen LogP contribution in [0.1, 0.15) is 10.4 Å². The fourth-order valence-corrected chi connectivity index (χ4v) is 2.06. The van der Waals surface area contributed by atoms with E-state index in [2.05, 4.69) is 4.98 Å². The Balaban J connectivity index is 2.80. The van der Waals surface area contributed by atoms with Crippen molar-refractivity contribution in [2.75, 3.05) is 0 Å². The topological polar surface area (TPSA) is 87.2 Å². The summed E-state index contributed by atoms with van der Waals surface area (Å²) in [7, 11) is -4.85. The van der Waals surface area contributed by atoms with Crippen LogP contribution in [0.15, 0.2) is 29.3 Å². The molecule has 0 saturated carbocycles. The molecule has 1 aromatic carbocycles. The number of aromatic carboxylic acids is 1. The predicted molar refractivity (Wildman–Crippen MR) is 53.6 cm³/mol. The van der Waals surface area contributed by atoms with Crippen molar-refractivity contribution in [3.63, 3.8) is 0 Å². The van der Waals surface area contributed by atoms with Crippen LogP contribution in [0.4, 0.5) is 3.89 Å². The van der Waals surface area contributed by atoms with Crippen molar-refractivity contribution in [2.45, 2.75) is 4.90 Å². The Morgan fingerprint density at radius 3 is 2.62 bits per heavy atom. The Kier molecular flexibility index (Phi) is 2.20. The fraction of sp³-hybridized carbons (Fsp3) is 0. The highest BCUT2D eigenvalue weighted by molar-refractivity contribution is 7.86. The molecule has 16 heavy (non-hydrogen) atoms. The zero-order valence-corrected chi connectivity index (χ0v) is 8.58. The van der Waals surface area contributed by atoms with E-state index in [1.54, 1.807) is 0 Å². The lowest BCUT2D eigenvalue weighted by Crippen LogP contribution is -1.96. The van der Waals surface area contributed by atoms with E-state index in [4.69, 9.17) is 5.11 Å². The van der Waals surface area contributed by atoms with Gasteiger partial charge >= 0.3 is 16.2 Å². The summed E-state index contributed by atoms with van der Waals surface area (Å²) in [5.41, 5.74) is 0.262. The molecule has 2 N–H and O–H groups in total. The smallest absolute Gasteiger partial charge is 0.335 e. The van der Waals surface area contributed by atoms with Crippen LogP contribution >= 0.6 is 0 Å². The first-order chi connectivity index (χ1) is 7.39. The Morgan fingerprint density at radius 1 is 1.38 bits per heavy atom. The molecule has 2 rings (SSSR count). The van der Waals surface area contributed by atoms with Crippen LogP contribution in [-0.4, -0.2) is 24.5 Å². The minimum absolute atomic E-state index is 0.0300. The lowest BCUT2D eigenvalue weighted by Gasteiger charge is -1.96. The van der Waals surface area contributed by atoms with Crippen LogP contribution in [0.3, 0.4) is 0 Å². The molecule has 84 valence electrons. The second-order valence-electron chi connectivity index (χ2n) is 3.16. The summed E-state index contributed by atoms with van der Waals surface area (Å²) in [6.07, 6.45) is 0.992. The average Bonchev–Trinajstić information content (AvgIpc) is 2.58. The third kappa shape index (κ3) is 1.65. The Hall–Kier alpha value is -1.89. The minimum Gasteiger partial charge on any atom is -0.478 e. The fourth-order valence-electron chi connectivity index (χ4n) is 1.43. The summed E-state index contributed by atoms with van der Waals surface area (Å²) in [6.45, 7) is 0. The van der Waals surface area contributed by atoms with Gasteiger partial charge in [-0.1, -0.05) is 0 Å². The van der Waals surface area contributed by atoms with Crippen LogP contribution in [0.25, 0.3) is 10.9 Å². The lowest BCUT2D eigenvalue weighted by molar-refractivity contribution is 0.0697. The first-order valence-corrected chi connectivity index (χ1v) is 5.57. The SMILES string of the molecule is O=C(O)c1ccc2[nH]cc(S(=O)(=O)F)c2c1. The van der Waals surface area contributed by atoms with Gasteiger partial charge < -0.3 is 10.1 Å². The zero-order valence-electron chi connectivity index (χ0n) is 7.77. The summed E-state index contributed by atoms with van der Waals surface area (Å²) in [6, 6.07) is 3.80. The van der Waals surface area contributed by atoms with Crippen molar-refractivity contribution in [3.05, 3.63) is 30.0 Å². The molecule has 1 heterocycles. The van der Waals surface area contributed by atoms with E-state index in [1.165, 1.54) is 12.1 Å². The molecule has 0 fully saturated rings. The van der Waals surface area contributed by atoms with Crippen LogP contribution in [0.5, 0.6) is 0 Å². The Bertz CT molecular complexity index is 674. The molecule has 7 heteroatoms. The number of carboxylic acid groups (broad SMARTS) is 1. The number of hydrogen-bond donors (Lipinski definition) is 2. The molecule has 2 aromatic rings. The molecule has 0 aliphatic heterocycles. The second-order valence-corrected chi connectivity index (χ2v) is 4.47. The normalized spacial score (nSPS) is 11.8. The minimum atomic E-state index is -4.85. The number of fused-ring (bicyclic) bond motifs is 1. The van der Waals surface area contributed by atoms with E-state index in [1.807, 2.05) is 0 Å². The first-order valence-electron chi connectivity index (χ1n) is 4.18. The van der Waals surface area contributed by atoms with Gasteiger partial charge in [0.05, 0.1) is 5.56 Å². The number of aromatic amines is 1. The van der Waals surface area contributed by atoms with Crippen molar-refractivity contribution in [1.29, 1.82) is 0 Å². The number of aromatic nitrogens is 1. The van der Waals surface area contributed by atoms with E-state index in [0.717, 1.165) is 12.3 Å². The highest BCUT2D eigenvalue weighted by Crippen LogP contribution is 2.25. The summed E-state index contributed by atoms with van der Waals surface area (Å²) >= 11 is 0. The van der Waals surface area contributed by atoms with Gasteiger partial charge in [-0.05, 0) is 18.2 Å². The van der Waals surface area contributed by atoms with Crippen molar-refractivity contribution in [2.24, 2.45) is 0 Å². The molecule has 0 radical (unpaired) electrons. The highest BCUT2D eigenvalue weighted by atomic mass is 32.3. The molecule has 5 nitrogen and oxygen atoms in total. The van der Waals surface area contributed by atoms with E-state index in [0.29, 0.717) is 5.52 Å². The zero-order chi connectivity index (χ0) is 11.9. The third-order valence-electron chi connectivity index (χ3n) is 2.15. The van der Waals surface area contributed by atoms with Gasteiger partial charge in [-0.2, -0.15) is 8.42 Å². The molecule has 0 bridgehead atoms. The molecular formula is C9H6FNO4S. The summed E-state index contributed by atoms with van der Waals surface area (Å²) in [5.74, 6) is -1.20. The standard InChI is InChI=1S/C9H6FNO4S/c10-16(14,15)8-4-11-7-2-1-5(9(12)13)3-6(7)8/h1-4,11H,(H,12,13). The van der Waals surface area contributed by atoms with Crippen molar-refractivity contribution < 1.29 is 22.2 Å². The van der Waals surface area contributed by atoms with Crippen molar-refractivity contribution in [1.82, 2.24) is 4.98 Å². The average molecular weight is 243 g/mol. The molecule has 0 aliphatic carbocycles. The van der Waals surface area contributed by atoms with Gasteiger partial charge in [-0.15, -0.1) is 3.89 Å². The van der Waals surface area contributed by atoms with Gasteiger partial charge in [0.25, 0.3) is 0 Å². The van der Waals surface area contributed by atoms with Crippen molar-refractivity contribution >= 4 is 27.1 Å². The van der Waals surface area contributed by atoms with Gasteiger partial charge in [0.2, 0.25) is 0 Å². The van der Waals surface area contributed by atoms with Crippen molar-refractivity contribution in [3.8, 4) is 0 Å². The highest BCUT2D eigenvalue weighted by Gasteiger charge is 2.18. The van der Waals surface area contributed by atoms with E-state index in [-0.39, 0.29) is 10.9 Å². The second kappa shape index (κ2) is 3.31. The molecule has 0 unspecified atom stereocenters. The van der Waals surface area contributed by atoms with Crippen LogP contribution in [-0.2, 0) is 10.2 Å². The largest absolute Gasteiger partial charge is 0.478 e. The maximum atomic E-state index is 12.8. The third-order valence-corrected chi connectivity index (χ3v) is 3.02. The van der Waals surface area contributed by atoms with Gasteiger partial charge in [-0.25, -0.2) is 4.79 Å². The maximum Gasteiger partial charge on any atom is 0.335 e. The number of nitrogens with one attached hydrogen (secondary N) is 1. The molecular weight excluding hydrogens is 237 g/mol. The molecule has 0 aliphatic rings. The number of carbonyl (C=O) groups is 1. The summed E-state index contributed by atoms with van der Waals surface area (Å²) in [5, 5.41) is 8.75. The molecule has 0 amide bonds. The van der Waals surface area contributed by atoms with E-state index in [9.17, 15) is 17.1 Å².